The van der Waals surface area contributed by atoms with Crippen molar-refractivity contribution in [1.29, 1.82) is 0 Å². The molecule has 0 aromatic carbocycles. The fourth-order valence-electron chi connectivity index (χ4n) is 2.51. The standard InChI is InChI=1S/C22H42O7/c1-7-25-21(26-8-2)17-13-11-15-19(23-5)29-20(24-6)16-12-14-18-22(27-9-3)28-10-4/h13-14,17-22H,7-12,15-16H2,1-6H3. The van der Waals surface area contributed by atoms with Crippen LogP contribution >= 0.6 is 0 Å². The molecule has 0 radical (unpaired) electrons. The van der Waals surface area contributed by atoms with Crippen molar-refractivity contribution in [2.45, 2.75) is 78.5 Å². The predicted molar refractivity (Wildman–Crippen MR) is 114 cm³/mol. The maximum atomic E-state index is 5.92. The smallest absolute Gasteiger partial charge is 0.176 e. The minimum absolute atomic E-state index is 0.303. The van der Waals surface area contributed by atoms with Crippen molar-refractivity contribution >= 4 is 0 Å². The highest BCUT2D eigenvalue weighted by Gasteiger charge is 2.15. The summed E-state index contributed by atoms with van der Waals surface area (Å²) in [5.41, 5.74) is 0. The number of ether oxygens (including phenoxy) is 7. The first-order chi connectivity index (χ1) is 14.1. The molecule has 7 heteroatoms. The molecule has 0 N–H and O–H groups in total. The lowest BCUT2D eigenvalue weighted by molar-refractivity contribution is -0.232. The topological polar surface area (TPSA) is 64.6 Å². The van der Waals surface area contributed by atoms with E-state index in [0.717, 1.165) is 12.8 Å². The Morgan fingerprint density at radius 2 is 0.931 bits per heavy atom. The van der Waals surface area contributed by atoms with Gasteiger partial charge in [-0.2, -0.15) is 0 Å². The van der Waals surface area contributed by atoms with Gasteiger partial charge in [-0.25, -0.2) is 0 Å². The van der Waals surface area contributed by atoms with Gasteiger partial charge in [0.25, 0.3) is 0 Å². The van der Waals surface area contributed by atoms with Crippen LogP contribution in [0.1, 0.15) is 53.4 Å². The van der Waals surface area contributed by atoms with Gasteiger partial charge in [0.15, 0.2) is 25.2 Å². The second-order valence-electron chi connectivity index (χ2n) is 6.04. The lowest BCUT2D eigenvalue weighted by Crippen LogP contribution is -2.25. The van der Waals surface area contributed by atoms with E-state index in [1.807, 2.05) is 52.0 Å². The SMILES string of the molecule is CCOC(C=CCCC(OC)OC(CCC=CC(OCC)OCC)OC)OCC. The van der Waals surface area contributed by atoms with E-state index in [-0.39, 0.29) is 25.2 Å². The van der Waals surface area contributed by atoms with E-state index in [4.69, 9.17) is 33.2 Å². The molecule has 0 saturated heterocycles. The minimum Gasteiger partial charge on any atom is -0.356 e. The normalized spacial score (nSPS) is 14.6. The van der Waals surface area contributed by atoms with Crippen LogP contribution in [-0.2, 0) is 33.2 Å². The molecule has 7 nitrogen and oxygen atoms in total. The first-order valence-electron chi connectivity index (χ1n) is 10.7. The van der Waals surface area contributed by atoms with Gasteiger partial charge in [0.05, 0.1) is 0 Å². The Hall–Kier alpha value is -0.800. The van der Waals surface area contributed by atoms with Crippen LogP contribution in [0.15, 0.2) is 24.3 Å². The first-order valence-corrected chi connectivity index (χ1v) is 10.7. The molecule has 2 unspecified atom stereocenters. The Kier molecular flexibility index (Phi) is 19.9. The maximum absolute atomic E-state index is 5.92. The Morgan fingerprint density at radius 3 is 1.21 bits per heavy atom. The molecule has 0 fully saturated rings. The van der Waals surface area contributed by atoms with Crippen LogP contribution in [0.3, 0.4) is 0 Å². The average molecular weight is 419 g/mol. The zero-order chi connectivity index (χ0) is 21.7. The van der Waals surface area contributed by atoms with Gasteiger partial charge in [0.1, 0.15) is 0 Å². The minimum atomic E-state index is -0.342. The fraction of sp³-hybridized carbons (Fsp3) is 0.818. The van der Waals surface area contributed by atoms with Crippen molar-refractivity contribution in [2.75, 3.05) is 40.6 Å². The first kappa shape index (κ1) is 28.2. The molecular weight excluding hydrogens is 376 g/mol. The van der Waals surface area contributed by atoms with Gasteiger partial charge in [-0.15, -0.1) is 0 Å². The monoisotopic (exact) mass is 418 g/mol. The summed E-state index contributed by atoms with van der Waals surface area (Å²) in [5, 5.41) is 0. The third-order valence-electron chi connectivity index (χ3n) is 3.88. The molecule has 0 aliphatic rings. The summed E-state index contributed by atoms with van der Waals surface area (Å²) in [7, 11) is 3.28. The van der Waals surface area contributed by atoms with Gasteiger partial charge in [-0.3, -0.25) is 0 Å². The molecule has 0 bridgehead atoms. The predicted octanol–water partition coefficient (Wildman–Crippen LogP) is 4.42. The zero-order valence-electron chi connectivity index (χ0n) is 19.1. The number of allylic oxidation sites excluding steroid dienone is 2. The lowest BCUT2D eigenvalue weighted by atomic mass is 10.2. The Balaban J connectivity index is 4.32. The van der Waals surface area contributed by atoms with Crippen molar-refractivity contribution in [3.63, 3.8) is 0 Å². The van der Waals surface area contributed by atoms with Crippen LogP contribution in [0.25, 0.3) is 0 Å². The summed E-state index contributed by atoms with van der Waals surface area (Å²) in [4.78, 5) is 0. The summed E-state index contributed by atoms with van der Waals surface area (Å²) in [6.45, 7) is 10.2. The molecular formula is C22H42O7. The van der Waals surface area contributed by atoms with E-state index >= 15 is 0 Å². The molecule has 0 spiro atoms. The quantitative estimate of drug-likeness (QED) is 0.214. The molecule has 0 aliphatic heterocycles. The molecule has 0 aromatic rings. The molecule has 0 rings (SSSR count). The van der Waals surface area contributed by atoms with E-state index in [9.17, 15) is 0 Å². The second-order valence-corrected chi connectivity index (χ2v) is 6.04. The van der Waals surface area contributed by atoms with Gasteiger partial charge < -0.3 is 33.2 Å². The third-order valence-corrected chi connectivity index (χ3v) is 3.88. The van der Waals surface area contributed by atoms with Crippen LogP contribution in [0.2, 0.25) is 0 Å². The van der Waals surface area contributed by atoms with Gasteiger partial charge >= 0.3 is 0 Å². The highest BCUT2D eigenvalue weighted by molar-refractivity contribution is 4.86. The molecule has 0 amide bonds. The highest BCUT2D eigenvalue weighted by atomic mass is 16.8. The van der Waals surface area contributed by atoms with Gasteiger partial charge in [-0.1, -0.05) is 12.2 Å². The van der Waals surface area contributed by atoms with Crippen LogP contribution in [0, 0.1) is 0 Å². The van der Waals surface area contributed by atoms with Gasteiger partial charge in [0, 0.05) is 53.5 Å². The number of rotatable bonds is 20. The molecule has 172 valence electrons. The number of methoxy groups -OCH3 is 2. The Bertz CT molecular complexity index is 353. The highest BCUT2D eigenvalue weighted by Crippen LogP contribution is 2.13. The second kappa shape index (κ2) is 20.5. The van der Waals surface area contributed by atoms with Crippen LogP contribution < -0.4 is 0 Å². The largest absolute Gasteiger partial charge is 0.356 e. The molecule has 0 saturated carbocycles. The summed E-state index contributed by atoms with van der Waals surface area (Å²) in [6, 6.07) is 0. The number of hydrogen-bond donors (Lipinski definition) is 0. The Labute approximate surface area is 177 Å². The summed E-state index contributed by atoms with van der Waals surface area (Å²) in [5.74, 6) is 0. The van der Waals surface area contributed by atoms with Crippen molar-refractivity contribution in [3.8, 4) is 0 Å². The summed E-state index contributed by atoms with van der Waals surface area (Å²) < 4.78 is 38.7. The summed E-state index contributed by atoms with van der Waals surface area (Å²) >= 11 is 0. The van der Waals surface area contributed by atoms with Crippen molar-refractivity contribution in [2.24, 2.45) is 0 Å². The van der Waals surface area contributed by atoms with E-state index in [0.29, 0.717) is 39.3 Å². The average Bonchev–Trinajstić information content (AvgIpc) is 2.72. The van der Waals surface area contributed by atoms with E-state index in [2.05, 4.69) is 0 Å². The van der Waals surface area contributed by atoms with Crippen LogP contribution in [0.4, 0.5) is 0 Å². The number of hydrogen-bond acceptors (Lipinski definition) is 7. The zero-order valence-corrected chi connectivity index (χ0v) is 19.1. The molecule has 29 heavy (non-hydrogen) atoms. The van der Waals surface area contributed by atoms with E-state index in [1.165, 1.54) is 0 Å². The molecule has 0 aliphatic carbocycles. The molecule has 2 atom stereocenters. The maximum Gasteiger partial charge on any atom is 0.176 e. The van der Waals surface area contributed by atoms with Crippen LogP contribution in [-0.4, -0.2) is 65.8 Å². The van der Waals surface area contributed by atoms with Crippen molar-refractivity contribution < 1.29 is 33.2 Å². The third kappa shape index (κ3) is 15.7. The summed E-state index contributed by atoms with van der Waals surface area (Å²) in [6.07, 6.45) is 9.61. The molecule has 0 aromatic heterocycles. The van der Waals surface area contributed by atoms with E-state index in [1.54, 1.807) is 14.2 Å². The Morgan fingerprint density at radius 1 is 0.586 bits per heavy atom. The fourth-order valence-corrected chi connectivity index (χ4v) is 2.51. The van der Waals surface area contributed by atoms with Gasteiger partial charge in [0.2, 0.25) is 0 Å². The lowest BCUT2D eigenvalue weighted by Gasteiger charge is -2.22. The van der Waals surface area contributed by atoms with Crippen LogP contribution in [0.5, 0.6) is 0 Å². The van der Waals surface area contributed by atoms with Crippen molar-refractivity contribution in [3.05, 3.63) is 24.3 Å². The van der Waals surface area contributed by atoms with E-state index < -0.39 is 0 Å². The molecule has 0 heterocycles. The van der Waals surface area contributed by atoms with Gasteiger partial charge in [-0.05, 0) is 52.7 Å². The van der Waals surface area contributed by atoms with Crippen molar-refractivity contribution in [1.82, 2.24) is 0 Å².